The van der Waals surface area contributed by atoms with Crippen molar-refractivity contribution in [2.45, 2.75) is 6.54 Å². The van der Waals surface area contributed by atoms with Gasteiger partial charge in [-0.25, -0.2) is 14.4 Å². The molecule has 0 unspecified atom stereocenters. The number of halogens is 2. The van der Waals surface area contributed by atoms with Gasteiger partial charge in [-0.1, -0.05) is 17.7 Å². The lowest BCUT2D eigenvalue weighted by Gasteiger charge is -2.05. The van der Waals surface area contributed by atoms with Crippen LogP contribution < -0.4 is 5.32 Å². The van der Waals surface area contributed by atoms with Crippen LogP contribution in [0.3, 0.4) is 0 Å². The first-order valence-electron chi connectivity index (χ1n) is 5.09. The maximum absolute atomic E-state index is 12.9. The Morgan fingerprint density at radius 2 is 2.17 bits per heavy atom. The second kappa shape index (κ2) is 5.43. The monoisotopic (exact) mass is 262 g/mol. The van der Waals surface area contributed by atoms with Gasteiger partial charge in [-0.15, -0.1) is 0 Å². The van der Waals surface area contributed by atoms with E-state index in [9.17, 15) is 4.39 Å². The summed E-state index contributed by atoms with van der Waals surface area (Å²) in [5.74, 6) is 0.0908. The van der Waals surface area contributed by atoms with E-state index in [2.05, 4.69) is 15.3 Å². The molecular formula is C12H8ClFN4. The summed E-state index contributed by atoms with van der Waals surface area (Å²) >= 11 is 5.67. The molecule has 0 aliphatic carbocycles. The van der Waals surface area contributed by atoms with Crippen molar-refractivity contribution in [1.29, 1.82) is 5.26 Å². The number of aromatic nitrogens is 2. The molecule has 0 bridgehead atoms. The minimum Gasteiger partial charge on any atom is -0.365 e. The fourth-order valence-electron chi connectivity index (χ4n) is 1.32. The quantitative estimate of drug-likeness (QED) is 0.924. The van der Waals surface area contributed by atoms with Crippen LogP contribution in [0, 0.1) is 17.1 Å². The highest BCUT2D eigenvalue weighted by Crippen LogP contribution is 2.16. The average molecular weight is 263 g/mol. The molecule has 4 nitrogen and oxygen atoms in total. The zero-order valence-corrected chi connectivity index (χ0v) is 9.95. The number of benzene rings is 1. The average Bonchev–Trinajstić information content (AvgIpc) is 2.41. The van der Waals surface area contributed by atoms with Crippen molar-refractivity contribution in [2.75, 3.05) is 5.32 Å². The zero-order chi connectivity index (χ0) is 13.0. The highest BCUT2D eigenvalue weighted by atomic mass is 35.5. The lowest BCUT2D eigenvalue weighted by molar-refractivity contribution is 0.627. The second-order valence-corrected chi connectivity index (χ2v) is 3.91. The smallest absolute Gasteiger partial charge is 0.158 e. The third kappa shape index (κ3) is 2.93. The van der Waals surface area contributed by atoms with Gasteiger partial charge in [0.2, 0.25) is 0 Å². The Kier molecular flexibility index (Phi) is 3.70. The van der Waals surface area contributed by atoms with Gasteiger partial charge < -0.3 is 5.32 Å². The number of anilines is 1. The first-order chi connectivity index (χ1) is 8.69. The molecule has 0 saturated carbocycles. The van der Waals surface area contributed by atoms with E-state index >= 15 is 0 Å². The predicted molar refractivity (Wildman–Crippen MR) is 65.5 cm³/mol. The van der Waals surface area contributed by atoms with Gasteiger partial charge in [-0.3, -0.25) is 0 Å². The molecule has 90 valence electrons. The maximum atomic E-state index is 12.9. The molecule has 0 saturated heterocycles. The number of nitrogens with one attached hydrogen (secondary N) is 1. The maximum Gasteiger partial charge on any atom is 0.158 e. The Bertz CT molecular complexity index is 592. The van der Waals surface area contributed by atoms with E-state index in [0.29, 0.717) is 12.4 Å². The third-order valence-electron chi connectivity index (χ3n) is 2.22. The summed E-state index contributed by atoms with van der Waals surface area (Å²) in [5, 5.41) is 11.6. The van der Waals surface area contributed by atoms with Gasteiger partial charge in [0.05, 0.1) is 17.4 Å². The van der Waals surface area contributed by atoms with Crippen LogP contribution in [0.5, 0.6) is 0 Å². The number of nitriles is 1. The first-order valence-corrected chi connectivity index (χ1v) is 5.47. The molecule has 6 heteroatoms. The van der Waals surface area contributed by atoms with Crippen molar-refractivity contribution < 1.29 is 4.39 Å². The number of nitrogens with zero attached hydrogens (tertiary/aromatic N) is 3. The lowest BCUT2D eigenvalue weighted by atomic mass is 10.2. The molecule has 18 heavy (non-hydrogen) atoms. The molecule has 0 aliphatic rings. The molecule has 1 N–H and O–H groups in total. The molecular weight excluding hydrogens is 255 g/mol. The van der Waals surface area contributed by atoms with Gasteiger partial charge in [0.25, 0.3) is 0 Å². The Morgan fingerprint density at radius 3 is 2.78 bits per heavy atom. The summed E-state index contributed by atoms with van der Waals surface area (Å²) in [7, 11) is 0. The Labute approximate surface area is 108 Å². The van der Waals surface area contributed by atoms with Crippen molar-refractivity contribution in [2.24, 2.45) is 0 Å². The van der Waals surface area contributed by atoms with Crippen molar-refractivity contribution in [3.05, 3.63) is 52.7 Å². The van der Waals surface area contributed by atoms with Gasteiger partial charge in [0.1, 0.15) is 17.7 Å². The minimum absolute atomic E-state index is 0.0835. The Balaban J connectivity index is 2.02. The van der Waals surface area contributed by atoms with Crippen LogP contribution in [-0.2, 0) is 6.54 Å². The summed E-state index contributed by atoms with van der Waals surface area (Å²) < 4.78 is 12.9. The first kappa shape index (κ1) is 12.3. The molecule has 0 spiro atoms. The van der Waals surface area contributed by atoms with Gasteiger partial charge in [0, 0.05) is 6.54 Å². The zero-order valence-electron chi connectivity index (χ0n) is 9.19. The molecule has 0 amide bonds. The van der Waals surface area contributed by atoms with Gasteiger partial charge in [-0.2, -0.15) is 5.26 Å². The highest BCUT2D eigenvalue weighted by molar-refractivity contribution is 6.30. The van der Waals surface area contributed by atoms with Crippen molar-refractivity contribution in [3.8, 4) is 6.07 Å². The molecule has 0 radical (unpaired) electrons. The van der Waals surface area contributed by atoms with Gasteiger partial charge in [0.15, 0.2) is 5.69 Å². The van der Waals surface area contributed by atoms with Crippen molar-refractivity contribution >= 4 is 17.4 Å². The Hall–Kier alpha value is -2.19. The molecule has 0 atom stereocenters. The predicted octanol–water partition coefficient (Wildman–Crippen LogP) is 2.75. The number of rotatable bonds is 3. The number of hydrogen-bond acceptors (Lipinski definition) is 4. The third-order valence-corrected chi connectivity index (χ3v) is 2.51. The second-order valence-electron chi connectivity index (χ2n) is 3.50. The summed E-state index contributed by atoms with van der Waals surface area (Å²) in [4.78, 5) is 7.87. The Morgan fingerprint density at radius 1 is 1.33 bits per heavy atom. The van der Waals surface area contributed by atoms with Crippen LogP contribution in [0.4, 0.5) is 10.2 Å². The molecule has 1 heterocycles. The van der Waals surface area contributed by atoms with E-state index in [-0.39, 0.29) is 10.7 Å². The highest BCUT2D eigenvalue weighted by Gasteiger charge is 2.01. The van der Waals surface area contributed by atoms with Crippen LogP contribution >= 0.6 is 11.6 Å². The minimum atomic E-state index is -0.446. The molecule has 0 fully saturated rings. The lowest BCUT2D eigenvalue weighted by Crippen LogP contribution is -2.02. The van der Waals surface area contributed by atoms with Crippen molar-refractivity contribution in [3.63, 3.8) is 0 Å². The summed E-state index contributed by atoms with van der Waals surface area (Å²) in [6, 6.07) is 6.36. The summed E-state index contributed by atoms with van der Waals surface area (Å²) in [6.07, 6.45) is 2.84. The molecule has 0 aliphatic heterocycles. The molecule has 2 rings (SSSR count). The normalized spacial score (nSPS) is 9.83. The molecule has 1 aromatic carbocycles. The van der Waals surface area contributed by atoms with E-state index in [1.54, 1.807) is 12.1 Å². The molecule has 1 aromatic heterocycles. The van der Waals surface area contributed by atoms with E-state index in [4.69, 9.17) is 16.9 Å². The van der Waals surface area contributed by atoms with Crippen LogP contribution in [0.25, 0.3) is 0 Å². The fraction of sp³-hybridized carbons (Fsp3) is 0.0833. The fourth-order valence-corrected chi connectivity index (χ4v) is 1.52. The van der Waals surface area contributed by atoms with Crippen LogP contribution in [0.15, 0.2) is 30.6 Å². The topological polar surface area (TPSA) is 61.6 Å². The SMILES string of the molecule is N#Cc1cnc(NCc2ccc(F)c(Cl)c2)cn1. The van der Waals surface area contributed by atoms with Crippen LogP contribution in [0.1, 0.15) is 11.3 Å². The molecule has 2 aromatic rings. The van der Waals surface area contributed by atoms with Crippen LogP contribution in [-0.4, -0.2) is 9.97 Å². The number of hydrogen-bond donors (Lipinski definition) is 1. The standard InChI is InChI=1S/C12H8ClFN4/c13-10-3-8(1-2-11(10)14)5-17-12-7-16-9(4-15)6-18-12/h1-3,6-7H,5H2,(H,17,18). The van der Waals surface area contributed by atoms with E-state index in [1.165, 1.54) is 18.5 Å². The largest absolute Gasteiger partial charge is 0.365 e. The van der Waals surface area contributed by atoms with Crippen LogP contribution in [0.2, 0.25) is 5.02 Å². The van der Waals surface area contributed by atoms with Crippen molar-refractivity contribution in [1.82, 2.24) is 9.97 Å². The summed E-state index contributed by atoms with van der Waals surface area (Å²) in [5.41, 5.74) is 1.08. The van der Waals surface area contributed by atoms with Gasteiger partial charge >= 0.3 is 0 Å². The summed E-state index contributed by atoms with van der Waals surface area (Å²) in [6.45, 7) is 0.445. The van der Waals surface area contributed by atoms with E-state index in [0.717, 1.165) is 5.56 Å². The van der Waals surface area contributed by atoms with E-state index in [1.807, 2.05) is 6.07 Å². The van der Waals surface area contributed by atoms with E-state index < -0.39 is 5.82 Å². The van der Waals surface area contributed by atoms with Gasteiger partial charge in [-0.05, 0) is 17.7 Å².